The van der Waals surface area contributed by atoms with Gasteiger partial charge in [0, 0.05) is 43.9 Å². The Kier molecular flexibility index (Phi) is 9.01. The average molecular weight is 402 g/mol. The van der Waals surface area contributed by atoms with Crippen LogP contribution in [0.25, 0.3) is 5.82 Å². The summed E-state index contributed by atoms with van der Waals surface area (Å²) in [4.78, 5) is 21.0. The fourth-order valence-electron chi connectivity index (χ4n) is 2.98. The highest BCUT2D eigenvalue weighted by Gasteiger charge is 2.26. The molecule has 9 heteroatoms. The van der Waals surface area contributed by atoms with E-state index in [-0.39, 0.29) is 36.6 Å². The molecule has 0 aromatic carbocycles. The molecule has 144 valence electrons. The van der Waals surface area contributed by atoms with Crippen molar-refractivity contribution in [1.82, 2.24) is 19.9 Å². The van der Waals surface area contributed by atoms with E-state index in [2.05, 4.69) is 15.3 Å². The van der Waals surface area contributed by atoms with Crippen LogP contribution in [0.5, 0.6) is 0 Å². The normalized spacial score (nSPS) is 15.5. The molecular weight excluding hydrogens is 377 g/mol. The molecule has 1 saturated heterocycles. The number of carbonyl (C=O) groups excluding carboxylic acids is 1. The Labute approximate surface area is 165 Å². The summed E-state index contributed by atoms with van der Waals surface area (Å²) in [6, 6.07) is 3.31. The number of nitrogens with two attached hydrogens (primary N) is 1. The van der Waals surface area contributed by atoms with Crippen molar-refractivity contribution in [1.29, 1.82) is 0 Å². The number of imidazole rings is 1. The fourth-order valence-corrected chi connectivity index (χ4v) is 2.98. The molecule has 1 amide bonds. The molecule has 3 heterocycles. The third kappa shape index (κ3) is 5.17. The lowest BCUT2D eigenvalue weighted by Crippen LogP contribution is -2.46. The average Bonchev–Trinajstić information content (AvgIpc) is 3.06. The number of aryl methyl sites for hydroxylation is 1. The lowest BCUT2D eigenvalue weighted by Gasteiger charge is -2.26. The number of pyridine rings is 1. The van der Waals surface area contributed by atoms with Crippen molar-refractivity contribution >= 4 is 30.7 Å². The largest absolute Gasteiger partial charge is 0.381 e. The molecule has 2 aromatic heterocycles. The summed E-state index contributed by atoms with van der Waals surface area (Å²) in [5.74, 6) is 1.68. The smallest absolute Gasteiger partial charge is 0.237 e. The highest BCUT2D eigenvalue weighted by atomic mass is 35.5. The van der Waals surface area contributed by atoms with E-state index < -0.39 is 6.04 Å². The minimum atomic E-state index is -0.496. The Morgan fingerprint density at radius 1 is 1.35 bits per heavy atom. The lowest BCUT2D eigenvalue weighted by atomic mass is 9.92. The molecule has 3 rings (SSSR count). The second-order valence-corrected chi connectivity index (χ2v) is 6.02. The third-order valence-electron chi connectivity index (χ3n) is 4.45. The number of aromatic nitrogens is 3. The summed E-state index contributed by atoms with van der Waals surface area (Å²) < 4.78 is 7.23. The van der Waals surface area contributed by atoms with Gasteiger partial charge in [-0.1, -0.05) is 6.07 Å². The van der Waals surface area contributed by atoms with E-state index in [1.807, 2.05) is 29.8 Å². The first-order chi connectivity index (χ1) is 11.7. The number of hydrogen-bond acceptors (Lipinski definition) is 5. The zero-order chi connectivity index (χ0) is 16.9. The molecule has 0 spiro atoms. The Balaban J connectivity index is 0.00000169. The Morgan fingerprint density at radius 3 is 2.73 bits per heavy atom. The molecule has 0 radical (unpaired) electrons. The topological polar surface area (TPSA) is 95.1 Å². The van der Waals surface area contributed by atoms with Crippen molar-refractivity contribution in [3.63, 3.8) is 0 Å². The van der Waals surface area contributed by atoms with E-state index in [1.54, 1.807) is 12.4 Å². The molecule has 26 heavy (non-hydrogen) atoms. The van der Waals surface area contributed by atoms with Gasteiger partial charge in [0.25, 0.3) is 0 Å². The Bertz CT molecular complexity index is 704. The maximum Gasteiger partial charge on any atom is 0.237 e. The highest BCUT2D eigenvalue weighted by molar-refractivity contribution is 5.85. The van der Waals surface area contributed by atoms with Crippen molar-refractivity contribution in [2.24, 2.45) is 11.7 Å². The summed E-state index contributed by atoms with van der Waals surface area (Å²) in [5.41, 5.74) is 7.04. The van der Waals surface area contributed by atoms with E-state index >= 15 is 0 Å². The fraction of sp³-hybridized carbons (Fsp3) is 0.471. The van der Waals surface area contributed by atoms with Crippen LogP contribution in [-0.2, 0) is 16.1 Å². The van der Waals surface area contributed by atoms with Crippen LogP contribution in [0.2, 0.25) is 0 Å². The summed E-state index contributed by atoms with van der Waals surface area (Å²) in [5, 5.41) is 2.94. The zero-order valence-electron chi connectivity index (χ0n) is 14.6. The second-order valence-electron chi connectivity index (χ2n) is 6.02. The molecule has 0 aliphatic carbocycles. The quantitative estimate of drug-likeness (QED) is 0.795. The number of hydrogen-bond donors (Lipinski definition) is 2. The van der Waals surface area contributed by atoms with Crippen LogP contribution in [-0.4, -0.2) is 39.7 Å². The number of nitrogens with one attached hydrogen (secondary N) is 1. The maximum absolute atomic E-state index is 12.4. The van der Waals surface area contributed by atoms with Gasteiger partial charge in [-0.25, -0.2) is 9.97 Å². The minimum absolute atomic E-state index is 0. The minimum Gasteiger partial charge on any atom is -0.381 e. The van der Waals surface area contributed by atoms with Crippen LogP contribution in [0, 0.1) is 12.8 Å². The van der Waals surface area contributed by atoms with Gasteiger partial charge in [-0.15, -0.1) is 24.8 Å². The molecule has 0 bridgehead atoms. The van der Waals surface area contributed by atoms with E-state index in [9.17, 15) is 4.79 Å². The van der Waals surface area contributed by atoms with E-state index in [0.29, 0.717) is 19.8 Å². The Hall–Kier alpha value is -1.67. The summed E-state index contributed by atoms with van der Waals surface area (Å²) in [6.07, 6.45) is 6.99. The molecular formula is C17H25Cl2N5O2. The molecule has 1 aliphatic rings. The van der Waals surface area contributed by atoms with Gasteiger partial charge >= 0.3 is 0 Å². The van der Waals surface area contributed by atoms with Gasteiger partial charge in [-0.05, 0) is 31.7 Å². The number of ether oxygens (including phenoxy) is 1. The SMILES string of the molecule is Cc1nccn1-c1ncccc1CNC(=O)C(N)C1CCOCC1.Cl.Cl. The molecule has 3 N–H and O–H groups in total. The first kappa shape index (κ1) is 22.4. The van der Waals surface area contributed by atoms with Gasteiger partial charge in [-0.2, -0.15) is 0 Å². The Morgan fingerprint density at radius 2 is 2.08 bits per heavy atom. The van der Waals surface area contributed by atoms with Crippen LogP contribution in [0.1, 0.15) is 24.2 Å². The predicted molar refractivity (Wildman–Crippen MR) is 104 cm³/mol. The number of nitrogens with zero attached hydrogens (tertiary/aromatic N) is 3. The van der Waals surface area contributed by atoms with Gasteiger partial charge in [0.2, 0.25) is 5.91 Å². The van der Waals surface area contributed by atoms with Gasteiger partial charge in [0.1, 0.15) is 11.6 Å². The lowest BCUT2D eigenvalue weighted by molar-refractivity contribution is -0.124. The highest BCUT2D eigenvalue weighted by Crippen LogP contribution is 2.18. The number of amides is 1. The van der Waals surface area contributed by atoms with Crippen LogP contribution in [0.15, 0.2) is 30.7 Å². The maximum atomic E-state index is 12.4. The summed E-state index contributed by atoms with van der Waals surface area (Å²) >= 11 is 0. The second kappa shape index (κ2) is 10.5. The van der Waals surface area contributed by atoms with Gasteiger partial charge in [0.05, 0.1) is 6.04 Å². The predicted octanol–water partition coefficient (Wildman–Crippen LogP) is 1.79. The molecule has 1 fully saturated rings. The molecule has 1 aliphatic heterocycles. The first-order valence-corrected chi connectivity index (χ1v) is 8.22. The summed E-state index contributed by atoms with van der Waals surface area (Å²) in [7, 11) is 0. The van der Waals surface area contributed by atoms with Gasteiger partial charge in [-0.3, -0.25) is 9.36 Å². The van der Waals surface area contributed by atoms with Crippen LogP contribution in [0.4, 0.5) is 0 Å². The standard InChI is InChI=1S/C17H23N5O2.2ClH/c1-12-19-7-8-22(12)16-14(3-2-6-20-16)11-21-17(23)15(18)13-4-9-24-10-5-13;;/h2-3,6-8,13,15H,4-5,9-11,18H2,1H3,(H,21,23);2*1H. The van der Waals surface area contributed by atoms with Crippen molar-refractivity contribution in [3.05, 3.63) is 42.1 Å². The van der Waals surface area contributed by atoms with Crippen molar-refractivity contribution in [3.8, 4) is 5.82 Å². The molecule has 1 unspecified atom stereocenters. The van der Waals surface area contributed by atoms with Crippen molar-refractivity contribution in [2.45, 2.75) is 32.4 Å². The molecule has 2 aromatic rings. The van der Waals surface area contributed by atoms with E-state index in [1.165, 1.54) is 0 Å². The van der Waals surface area contributed by atoms with Crippen molar-refractivity contribution < 1.29 is 9.53 Å². The third-order valence-corrected chi connectivity index (χ3v) is 4.45. The summed E-state index contributed by atoms with van der Waals surface area (Å²) in [6.45, 7) is 3.66. The zero-order valence-corrected chi connectivity index (χ0v) is 16.3. The van der Waals surface area contributed by atoms with Gasteiger partial charge in [0.15, 0.2) is 0 Å². The molecule has 7 nitrogen and oxygen atoms in total. The molecule has 0 saturated carbocycles. The van der Waals surface area contributed by atoms with Crippen LogP contribution < -0.4 is 11.1 Å². The monoisotopic (exact) mass is 401 g/mol. The van der Waals surface area contributed by atoms with Crippen LogP contribution >= 0.6 is 24.8 Å². The number of halogens is 2. The van der Waals surface area contributed by atoms with E-state index in [0.717, 1.165) is 30.0 Å². The molecule has 1 atom stereocenters. The van der Waals surface area contributed by atoms with Gasteiger partial charge < -0.3 is 15.8 Å². The van der Waals surface area contributed by atoms with E-state index in [4.69, 9.17) is 10.5 Å². The first-order valence-electron chi connectivity index (χ1n) is 8.22. The van der Waals surface area contributed by atoms with Crippen LogP contribution in [0.3, 0.4) is 0 Å². The number of rotatable bonds is 5. The van der Waals surface area contributed by atoms with Crippen molar-refractivity contribution in [2.75, 3.05) is 13.2 Å². The number of carbonyl (C=O) groups is 1.